The monoisotopic (exact) mass is 375 g/mol. The van der Waals surface area contributed by atoms with Crippen LogP contribution in [0.4, 0.5) is 5.69 Å². The summed E-state index contributed by atoms with van der Waals surface area (Å²) in [6, 6.07) is 8.15. The molecule has 0 bridgehead atoms. The van der Waals surface area contributed by atoms with Gasteiger partial charge in [-0.25, -0.2) is 8.42 Å². The highest BCUT2D eigenvalue weighted by Crippen LogP contribution is 2.24. The van der Waals surface area contributed by atoms with Crippen molar-refractivity contribution in [1.82, 2.24) is 8.87 Å². The topological polar surface area (TPSA) is 71.4 Å². The van der Waals surface area contributed by atoms with Crippen LogP contribution in [0.5, 0.6) is 0 Å². The SMILES string of the molecule is Cc1c(C(=O)Nc2ccc(S(=O)(=O)N3CCCC(C)C3)cc2)ccn1C. The average Bonchev–Trinajstić information content (AvgIpc) is 2.94. The molecule has 2 heterocycles. The lowest BCUT2D eigenvalue weighted by Crippen LogP contribution is -2.39. The lowest BCUT2D eigenvalue weighted by molar-refractivity contribution is 0.102. The van der Waals surface area contributed by atoms with Crippen LogP contribution in [0.3, 0.4) is 0 Å². The van der Waals surface area contributed by atoms with Gasteiger partial charge in [-0.05, 0) is 56.0 Å². The van der Waals surface area contributed by atoms with Gasteiger partial charge in [-0.2, -0.15) is 4.31 Å². The van der Waals surface area contributed by atoms with Gasteiger partial charge in [-0.3, -0.25) is 4.79 Å². The van der Waals surface area contributed by atoms with Gasteiger partial charge in [-0.15, -0.1) is 0 Å². The summed E-state index contributed by atoms with van der Waals surface area (Å²) in [6.07, 6.45) is 3.79. The van der Waals surface area contributed by atoms with Gasteiger partial charge in [0.2, 0.25) is 10.0 Å². The fraction of sp³-hybridized carbons (Fsp3) is 0.421. The fourth-order valence-corrected chi connectivity index (χ4v) is 4.87. The van der Waals surface area contributed by atoms with Crippen molar-refractivity contribution in [3.63, 3.8) is 0 Å². The minimum atomic E-state index is -3.48. The minimum Gasteiger partial charge on any atom is -0.354 e. The molecule has 140 valence electrons. The van der Waals surface area contributed by atoms with E-state index in [1.807, 2.05) is 24.7 Å². The molecule has 1 aliphatic rings. The van der Waals surface area contributed by atoms with E-state index in [0.29, 0.717) is 30.3 Å². The van der Waals surface area contributed by atoms with Crippen molar-refractivity contribution >= 4 is 21.6 Å². The molecule has 2 aromatic rings. The molecule has 1 N–H and O–H groups in total. The second-order valence-electron chi connectivity index (χ2n) is 7.01. The highest BCUT2D eigenvalue weighted by Gasteiger charge is 2.28. The van der Waals surface area contributed by atoms with E-state index in [1.165, 1.54) is 0 Å². The van der Waals surface area contributed by atoms with Crippen LogP contribution in [-0.2, 0) is 17.1 Å². The van der Waals surface area contributed by atoms with Crippen molar-refractivity contribution in [1.29, 1.82) is 0 Å². The maximum Gasteiger partial charge on any atom is 0.257 e. The summed E-state index contributed by atoms with van der Waals surface area (Å²) < 4.78 is 29.0. The number of anilines is 1. The number of sulfonamides is 1. The largest absolute Gasteiger partial charge is 0.354 e. The van der Waals surface area contributed by atoms with E-state index in [1.54, 1.807) is 34.6 Å². The molecule has 0 saturated carbocycles. The summed E-state index contributed by atoms with van der Waals surface area (Å²) in [5.74, 6) is 0.176. The highest BCUT2D eigenvalue weighted by molar-refractivity contribution is 7.89. The Hall–Kier alpha value is -2.12. The number of nitrogens with zero attached hydrogens (tertiary/aromatic N) is 2. The molecule has 0 aliphatic carbocycles. The Bertz CT molecular complexity index is 901. The normalized spacial score (nSPS) is 18.7. The lowest BCUT2D eigenvalue weighted by Gasteiger charge is -2.30. The summed E-state index contributed by atoms with van der Waals surface area (Å²) in [5.41, 5.74) is 2.05. The Kier molecular flexibility index (Phi) is 5.20. The molecule has 1 atom stereocenters. The fourth-order valence-electron chi connectivity index (χ4n) is 3.27. The molecule has 1 fully saturated rings. The number of hydrogen-bond donors (Lipinski definition) is 1. The van der Waals surface area contributed by atoms with Gasteiger partial charge in [0, 0.05) is 37.7 Å². The van der Waals surface area contributed by atoms with Gasteiger partial charge < -0.3 is 9.88 Å². The molecule has 1 amide bonds. The predicted molar refractivity (Wildman–Crippen MR) is 102 cm³/mol. The van der Waals surface area contributed by atoms with E-state index >= 15 is 0 Å². The number of nitrogens with one attached hydrogen (secondary N) is 1. The van der Waals surface area contributed by atoms with Gasteiger partial charge in [-0.1, -0.05) is 6.92 Å². The molecule has 1 aliphatic heterocycles. The summed E-state index contributed by atoms with van der Waals surface area (Å²) in [4.78, 5) is 12.6. The van der Waals surface area contributed by atoms with Crippen LogP contribution < -0.4 is 5.32 Å². The first-order chi connectivity index (χ1) is 12.3. The molecular weight excluding hydrogens is 350 g/mol. The Morgan fingerprint density at radius 2 is 1.88 bits per heavy atom. The van der Waals surface area contributed by atoms with Gasteiger partial charge >= 0.3 is 0 Å². The molecule has 1 saturated heterocycles. The second-order valence-corrected chi connectivity index (χ2v) is 8.95. The van der Waals surface area contributed by atoms with Crippen molar-refractivity contribution in [3.05, 3.63) is 47.8 Å². The standard InChI is InChI=1S/C19H25N3O3S/c1-14-5-4-11-22(13-14)26(24,25)17-8-6-16(7-9-17)20-19(23)18-10-12-21(3)15(18)2/h6-10,12,14H,4-5,11,13H2,1-3H3,(H,20,23). The van der Waals surface area contributed by atoms with E-state index in [4.69, 9.17) is 0 Å². The maximum atomic E-state index is 12.8. The third-order valence-electron chi connectivity index (χ3n) is 5.00. The molecule has 1 aromatic carbocycles. The first kappa shape index (κ1) is 18.7. The molecule has 6 nitrogen and oxygen atoms in total. The zero-order chi connectivity index (χ0) is 18.9. The van der Waals surface area contributed by atoms with Crippen LogP contribution in [0.1, 0.15) is 35.8 Å². The van der Waals surface area contributed by atoms with E-state index < -0.39 is 10.0 Å². The highest BCUT2D eigenvalue weighted by atomic mass is 32.2. The zero-order valence-electron chi connectivity index (χ0n) is 15.4. The van der Waals surface area contributed by atoms with Crippen LogP contribution in [0, 0.1) is 12.8 Å². The van der Waals surface area contributed by atoms with Crippen LogP contribution >= 0.6 is 0 Å². The van der Waals surface area contributed by atoms with Crippen LogP contribution in [-0.4, -0.2) is 36.3 Å². The van der Waals surface area contributed by atoms with Crippen molar-refractivity contribution in [3.8, 4) is 0 Å². The molecule has 3 rings (SSSR count). The molecule has 26 heavy (non-hydrogen) atoms. The van der Waals surface area contributed by atoms with E-state index in [-0.39, 0.29) is 10.8 Å². The molecule has 1 unspecified atom stereocenters. The molecule has 0 spiro atoms. The van der Waals surface area contributed by atoms with E-state index in [0.717, 1.165) is 18.5 Å². The molecule has 7 heteroatoms. The first-order valence-corrected chi connectivity index (χ1v) is 10.3. The summed E-state index contributed by atoms with van der Waals surface area (Å²) >= 11 is 0. The number of rotatable bonds is 4. The lowest BCUT2D eigenvalue weighted by atomic mass is 10.0. The summed E-state index contributed by atoms with van der Waals surface area (Å²) in [6.45, 7) is 5.09. The van der Waals surface area contributed by atoms with Crippen molar-refractivity contribution in [2.24, 2.45) is 13.0 Å². The number of amides is 1. The second kappa shape index (κ2) is 7.25. The van der Waals surface area contributed by atoms with Crippen LogP contribution in [0.2, 0.25) is 0 Å². The Labute approximate surface area is 154 Å². The number of benzene rings is 1. The van der Waals surface area contributed by atoms with Crippen molar-refractivity contribution < 1.29 is 13.2 Å². The van der Waals surface area contributed by atoms with Crippen LogP contribution in [0.15, 0.2) is 41.4 Å². The number of aryl methyl sites for hydroxylation is 1. The maximum absolute atomic E-state index is 12.8. The number of carbonyl (C=O) groups excluding carboxylic acids is 1. The summed E-state index contributed by atoms with van der Waals surface area (Å²) in [7, 11) is -1.60. The molecular formula is C19H25N3O3S. The summed E-state index contributed by atoms with van der Waals surface area (Å²) in [5, 5.41) is 2.82. The van der Waals surface area contributed by atoms with Crippen LogP contribution in [0.25, 0.3) is 0 Å². The minimum absolute atomic E-state index is 0.205. The van der Waals surface area contributed by atoms with Gasteiger partial charge in [0.25, 0.3) is 5.91 Å². The number of hydrogen-bond acceptors (Lipinski definition) is 3. The molecule has 0 radical (unpaired) electrons. The first-order valence-electron chi connectivity index (χ1n) is 8.82. The quantitative estimate of drug-likeness (QED) is 0.893. The average molecular weight is 375 g/mol. The van der Waals surface area contributed by atoms with Gasteiger partial charge in [0.1, 0.15) is 0 Å². The molecule has 1 aromatic heterocycles. The number of aromatic nitrogens is 1. The van der Waals surface area contributed by atoms with E-state index in [9.17, 15) is 13.2 Å². The smallest absolute Gasteiger partial charge is 0.257 e. The van der Waals surface area contributed by atoms with E-state index in [2.05, 4.69) is 12.2 Å². The Morgan fingerprint density at radius 1 is 1.19 bits per heavy atom. The van der Waals surface area contributed by atoms with Crippen molar-refractivity contribution in [2.75, 3.05) is 18.4 Å². The third kappa shape index (κ3) is 3.68. The number of piperidine rings is 1. The third-order valence-corrected chi connectivity index (χ3v) is 6.88. The number of carbonyl (C=O) groups is 1. The Balaban J connectivity index is 1.74. The van der Waals surface area contributed by atoms with Crippen molar-refractivity contribution in [2.45, 2.75) is 31.6 Å². The Morgan fingerprint density at radius 3 is 2.46 bits per heavy atom. The van der Waals surface area contributed by atoms with Gasteiger partial charge in [0.05, 0.1) is 10.5 Å². The predicted octanol–water partition coefficient (Wildman–Crippen LogP) is 3.01. The zero-order valence-corrected chi connectivity index (χ0v) is 16.2. The van der Waals surface area contributed by atoms with Gasteiger partial charge in [0.15, 0.2) is 0 Å².